The fourth-order valence-electron chi connectivity index (χ4n) is 0.546. The van der Waals surface area contributed by atoms with Gasteiger partial charge >= 0.3 is 5.97 Å². The zero-order chi connectivity index (χ0) is 8.97. The van der Waals surface area contributed by atoms with Crippen LogP contribution in [0.15, 0.2) is 12.4 Å². The molecule has 0 radical (unpaired) electrons. The highest BCUT2D eigenvalue weighted by Gasteiger charge is 1.98. The van der Waals surface area contributed by atoms with E-state index in [1.165, 1.54) is 12.4 Å². The van der Waals surface area contributed by atoms with Crippen molar-refractivity contribution in [3.63, 3.8) is 0 Å². The number of nitrogens with two attached hydrogens (primary N) is 1. The summed E-state index contributed by atoms with van der Waals surface area (Å²) in [6, 6.07) is 0. The number of anilines is 1. The van der Waals surface area contributed by atoms with Crippen LogP contribution in [0.25, 0.3) is 0 Å². The molecule has 1 aromatic rings. The monoisotopic (exact) mass is 169 g/mol. The molecule has 1 rings (SSSR count). The molecule has 0 atom stereocenters. The van der Waals surface area contributed by atoms with Crippen LogP contribution >= 0.6 is 0 Å². The third-order valence-electron chi connectivity index (χ3n) is 1.01. The summed E-state index contributed by atoms with van der Waals surface area (Å²) in [5, 5.41) is 8.24. The Labute approximate surface area is 68.0 Å². The van der Waals surface area contributed by atoms with Crippen molar-refractivity contribution in [1.29, 1.82) is 0 Å². The molecule has 0 bridgehead atoms. The first-order valence-corrected chi connectivity index (χ1v) is 3.10. The number of carboxylic acid groups (broad SMARTS) is 1. The minimum atomic E-state index is -1.05. The minimum absolute atomic E-state index is 0.123. The molecule has 0 saturated heterocycles. The van der Waals surface area contributed by atoms with E-state index in [4.69, 9.17) is 15.6 Å². The number of carbonyl (C=O) groups is 1. The van der Waals surface area contributed by atoms with Gasteiger partial charge in [-0.1, -0.05) is 0 Å². The summed E-state index contributed by atoms with van der Waals surface area (Å²) in [5.74, 6) is -0.642. The summed E-state index contributed by atoms with van der Waals surface area (Å²) < 4.78 is 4.74. The zero-order valence-electron chi connectivity index (χ0n) is 6.10. The van der Waals surface area contributed by atoms with Gasteiger partial charge in [-0.15, -0.1) is 0 Å². The number of nitrogens with zero attached hydrogens (tertiary/aromatic N) is 2. The van der Waals surface area contributed by atoms with Crippen LogP contribution in [0.4, 0.5) is 5.95 Å². The molecule has 3 N–H and O–H groups in total. The van der Waals surface area contributed by atoms with Gasteiger partial charge in [0, 0.05) is 0 Å². The molecular weight excluding hydrogens is 162 g/mol. The number of rotatable bonds is 3. The third-order valence-corrected chi connectivity index (χ3v) is 1.01. The second kappa shape index (κ2) is 3.51. The number of ether oxygens (including phenoxy) is 1. The van der Waals surface area contributed by atoms with E-state index in [1.54, 1.807) is 0 Å². The molecule has 0 aliphatic rings. The van der Waals surface area contributed by atoms with Gasteiger partial charge in [0.05, 0.1) is 12.4 Å². The maximum atomic E-state index is 10.0. The molecule has 64 valence electrons. The molecule has 0 fully saturated rings. The first kappa shape index (κ1) is 8.25. The normalized spacial score (nSPS) is 9.33. The molecular formula is C6H7N3O3. The topological polar surface area (TPSA) is 98.3 Å². The zero-order valence-corrected chi connectivity index (χ0v) is 6.10. The van der Waals surface area contributed by atoms with E-state index >= 15 is 0 Å². The quantitative estimate of drug-likeness (QED) is 0.634. The van der Waals surface area contributed by atoms with Gasteiger partial charge in [0.25, 0.3) is 0 Å². The Bertz CT molecular complexity index is 272. The highest BCUT2D eigenvalue weighted by atomic mass is 16.5. The van der Waals surface area contributed by atoms with Gasteiger partial charge < -0.3 is 15.6 Å². The maximum Gasteiger partial charge on any atom is 0.341 e. The van der Waals surface area contributed by atoms with Crippen molar-refractivity contribution >= 4 is 11.9 Å². The molecule has 12 heavy (non-hydrogen) atoms. The average molecular weight is 169 g/mol. The van der Waals surface area contributed by atoms with Crippen molar-refractivity contribution in [2.24, 2.45) is 0 Å². The van der Waals surface area contributed by atoms with Gasteiger partial charge in [-0.25, -0.2) is 14.8 Å². The van der Waals surface area contributed by atoms with E-state index in [0.29, 0.717) is 0 Å². The first-order valence-electron chi connectivity index (χ1n) is 3.10. The van der Waals surface area contributed by atoms with E-state index < -0.39 is 12.6 Å². The lowest BCUT2D eigenvalue weighted by atomic mass is 10.6. The van der Waals surface area contributed by atoms with Crippen molar-refractivity contribution < 1.29 is 14.6 Å². The second-order valence-corrected chi connectivity index (χ2v) is 1.96. The summed E-state index contributed by atoms with van der Waals surface area (Å²) in [4.78, 5) is 17.3. The SMILES string of the molecule is Nc1ncc(OCC(=O)O)cn1. The fraction of sp³-hybridized carbons (Fsp3) is 0.167. The molecule has 6 heteroatoms. The van der Waals surface area contributed by atoms with E-state index in [-0.39, 0.29) is 11.7 Å². The summed E-state index contributed by atoms with van der Waals surface area (Å²) in [5.41, 5.74) is 5.19. The molecule has 0 aliphatic heterocycles. The van der Waals surface area contributed by atoms with E-state index in [0.717, 1.165) is 0 Å². The van der Waals surface area contributed by atoms with Crippen molar-refractivity contribution in [2.75, 3.05) is 12.3 Å². The van der Waals surface area contributed by atoms with Crippen LogP contribution in [0.5, 0.6) is 5.75 Å². The number of hydrogen-bond acceptors (Lipinski definition) is 5. The van der Waals surface area contributed by atoms with Crippen molar-refractivity contribution in [2.45, 2.75) is 0 Å². The van der Waals surface area contributed by atoms with Gasteiger partial charge in [-0.3, -0.25) is 0 Å². The van der Waals surface area contributed by atoms with Crippen LogP contribution in [0.1, 0.15) is 0 Å². The van der Waals surface area contributed by atoms with Gasteiger partial charge in [0.1, 0.15) is 0 Å². The Hall–Kier alpha value is -1.85. The summed E-state index contributed by atoms with van der Waals surface area (Å²) >= 11 is 0. The van der Waals surface area contributed by atoms with Crippen molar-refractivity contribution in [3.05, 3.63) is 12.4 Å². The molecule has 0 unspecified atom stereocenters. The van der Waals surface area contributed by atoms with E-state index in [1.807, 2.05) is 0 Å². The molecule has 1 heterocycles. The van der Waals surface area contributed by atoms with E-state index in [9.17, 15) is 4.79 Å². The third kappa shape index (κ3) is 2.41. The molecule has 1 aromatic heterocycles. The molecule has 0 aromatic carbocycles. The Kier molecular flexibility index (Phi) is 2.42. The van der Waals surface area contributed by atoms with Crippen LogP contribution < -0.4 is 10.5 Å². The van der Waals surface area contributed by atoms with Crippen LogP contribution in [0.3, 0.4) is 0 Å². The number of hydrogen-bond donors (Lipinski definition) is 2. The minimum Gasteiger partial charge on any atom is -0.479 e. The van der Waals surface area contributed by atoms with Crippen molar-refractivity contribution in [3.8, 4) is 5.75 Å². The first-order chi connectivity index (χ1) is 5.68. The highest BCUT2D eigenvalue weighted by molar-refractivity contribution is 5.68. The van der Waals surface area contributed by atoms with Gasteiger partial charge in [0.15, 0.2) is 12.4 Å². The van der Waals surface area contributed by atoms with Crippen molar-refractivity contribution in [1.82, 2.24) is 9.97 Å². The summed E-state index contributed by atoms with van der Waals surface area (Å²) in [6.07, 6.45) is 2.62. The largest absolute Gasteiger partial charge is 0.479 e. The average Bonchev–Trinajstić information content (AvgIpc) is 2.03. The van der Waals surface area contributed by atoms with Gasteiger partial charge in [0.2, 0.25) is 5.95 Å². The fourth-order valence-corrected chi connectivity index (χ4v) is 0.546. The van der Waals surface area contributed by atoms with Crippen LogP contribution in [-0.2, 0) is 4.79 Å². The van der Waals surface area contributed by atoms with Crippen LogP contribution in [0.2, 0.25) is 0 Å². The Morgan fingerprint density at radius 3 is 2.67 bits per heavy atom. The number of carboxylic acids is 1. The Morgan fingerprint density at radius 1 is 1.58 bits per heavy atom. The van der Waals surface area contributed by atoms with Gasteiger partial charge in [-0.2, -0.15) is 0 Å². The lowest BCUT2D eigenvalue weighted by Crippen LogP contribution is -2.09. The van der Waals surface area contributed by atoms with Gasteiger partial charge in [-0.05, 0) is 0 Å². The predicted octanol–water partition coefficient (Wildman–Crippen LogP) is -0.478. The summed E-state index contributed by atoms with van der Waals surface area (Å²) in [6.45, 7) is -0.409. The molecule has 6 nitrogen and oxygen atoms in total. The summed E-state index contributed by atoms with van der Waals surface area (Å²) in [7, 11) is 0. The lowest BCUT2D eigenvalue weighted by Gasteiger charge is -2.00. The highest BCUT2D eigenvalue weighted by Crippen LogP contribution is 2.05. The molecule has 0 saturated carbocycles. The number of aliphatic carboxylic acids is 1. The number of aromatic nitrogens is 2. The predicted molar refractivity (Wildman–Crippen MR) is 39.6 cm³/mol. The second-order valence-electron chi connectivity index (χ2n) is 1.96. The molecule has 0 spiro atoms. The molecule has 0 aliphatic carbocycles. The lowest BCUT2D eigenvalue weighted by molar-refractivity contribution is -0.139. The van der Waals surface area contributed by atoms with Crippen LogP contribution in [-0.4, -0.2) is 27.7 Å². The number of nitrogen functional groups attached to an aromatic ring is 1. The molecule has 0 amide bonds. The maximum absolute atomic E-state index is 10.0. The van der Waals surface area contributed by atoms with Crippen LogP contribution in [0, 0.1) is 0 Å². The van der Waals surface area contributed by atoms with E-state index in [2.05, 4.69) is 9.97 Å². The Balaban J connectivity index is 2.53. The smallest absolute Gasteiger partial charge is 0.341 e. The Morgan fingerprint density at radius 2 is 2.17 bits per heavy atom. The standard InChI is InChI=1S/C6H7N3O3/c7-6-8-1-4(2-9-6)12-3-5(10)11/h1-2H,3H2,(H,10,11)(H2,7,8,9).